The lowest BCUT2D eigenvalue weighted by Crippen LogP contribution is -2.11. The maximum atomic E-state index is 14.0. The third-order valence-corrected chi connectivity index (χ3v) is 2.92. The first-order chi connectivity index (χ1) is 10.2. The number of rotatable bonds is 7. The summed E-state index contributed by atoms with van der Waals surface area (Å²) in [6.45, 7) is 6.00. The van der Waals surface area contributed by atoms with Crippen LogP contribution in [0.15, 0.2) is 42.5 Å². The molecule has 4 heteroatoms. The molecule has 2 aromatic rings. The smallest absolute Gasteiger partial charge is 0.166 e. The molecule has 0 heterocycles. The van der Waals surface area contributed by atoms with Crippen molar-refractivity contribution >= 4 is 0 Å². The van der Waals surface area contributed by atoms with Gasteiger partial charge < -0.3 is 14.8 Å². The second kappa shape index (κ2) is 7.64. The molecule has 112 valence electrons. The molecule has 2 aromatic carbocycles. The molecule has 0 radical (unpaired) electrons. The Kier molecular flexibility index (Phi) is 5.58. The summed E-state index contributed by atoms with van der Waals surface area (Å²) in [7, 11) is 0. The summed E-state index contributed by atoms with van der Waals surface area (Å²) < 4.78 is 25.0. The summed E-state index contributed by atoms with van der Waals surface area (Å²) >= 11 is 0. The Labute approximate surface area is 124 Å². The fraction of sp³-hybridized carbons (Fsp3) is 0.294. The van der Waals surface area contributed by atoms with Crippen LogP contribution in [0.4, 0.5) is 4.39 Å². The van der Waals surface area contributed by atoms with Crippen LogP contribution in [0.2, 0.25) is 0 Å². The fourth-order valence-corrected chi connectivity index (χ4v) is 1.93. The number of ether oxygens (including phenoxy) is 2. The molecule has 2 rings (SSSR count). The molecular formula is C17H20FNO2. The Hall–Kier alpha value is -2.07. The Bertz CT molecular complexity index is 587. The van der Waals surface area contributed by atoms with Crippen molar-refractivity contribution in [3.05, 3.63) is 53.8 Å². The van der Waals surface area contributed by atoms with Crippen molar-refractivity contribution in [2.45, 2.75) is 20.4 Å². The van der Waals surface area contributed by atoms with Crippen molar-refractivity contribution in [2.24, 2.45) is 0 Å². The highest BCUT2D eigenvalue weighted by atomic mass is 19.1. The Morgan fingerprint density at radius 2 is 1.86 bits per heavy atom. The van der Waals surface area contributed by atoms with Crippen LogP contribution in [0.1, 0.15) is 19.4 Å². The lowest BCUT2D eigenvalue weighted by atomic mass is 10.2. The van der Waals surface area contributed by atoms with Gasteiger partial charge in [0.25, 0.3) is 0 Å². The van der Waals surface area contributed by atoms with Crippen LogP contribution < -0.4 is 14.8 Å². The van der Waals surface area contributed by atoms with Gasteiger partial charge in [0.15, 0.2) is 11.6 Å². The zero-order chi connectivity index (χ0) is 15.1. The molecule has 0 aliphatic heterocycles. The molecule has 0 saturated heterocycles. The molecule has 0 bridgehead atoms. The van der Waals surface area contributed by atoms with Crippen LogP contribution in [-0.4, -0.2) is 13.2 Å². The molecule has 0 spiro atoms. The SMILES string of the molecule is CCNCc1ccc(Oc2cccc(OCC)c2)c(F)c1. The van der Waals surface area contributed by atoms with Crippen molar-refractivity contribution in [3.63, 3.8) is 0 Å². The maximum Gasteiger partial charge on any atom is 0.166 e. The largest absolute Gasteiger partial charge is 0.494 e. The highest BCUT2D eigenvalue weighted by Crippen LogP contribution is 2.27. The van der Waals surface area contributed by atoms with Crippen molar-refractivity contribution in [2.75, 3.05) is 13.2 Å². The van der Waals surface area contributed by atoms with Gasteiger partial charge in [-0.25, -0.2) is 4.39 Å². The summed E-state index contributed by atoms with van der Waals surface area (Å²) in [5.74, 6) is 1.11. The number of nitrogens with one attached hydrogen (secondary N) is 1. The van der Waals surface area contributed by atoms with E-state index in [2.05, 4.69) is 5.32 Å². The van der Waals surface area contributed by atoms with Crippen LogP contribution in [0, 0.1) is 5.82 Å². The van der Waals surface area contributed by atoms with Gasteiger partial charge in [0.05, 0.1) is 6.61 Å². The van der Waals surface area contributed by atoms with E-state index in [-0.39, 0.29) is 11.6 Å². The summed E-state index contributed by atoms with van der Waals surface area (Å²) in [5.41, 5.74) is 0.893. The first kappa shape index (κ1) is 15.3. The van der Waals surface area contributed by atoms with Gasteiger partial charge >= 0.3 is 0 Å². The van der Waals surface area contributed by atoms with E-state index in [4.69, 9.17) is 9.47 Å². The molecule has 0 aromatic heterocycles. The first-order valence-electron chi connectivity index (χ1n) is 7.12. The minimum Gasteiger partial charge on any atom is -0.494 e. The van der Waals surface area contributed by atoms with Crippen LogP contribution in [0.3, 0.4) is 0 Å². The highest BCUT2D eigenvalue weighted by Gasteiger charge is 2.07. The topological polar surface area (TPSA) is 30.5 Å². The lowest BCUT2D eigenvalue weighted by molar-refractivity contribution is 0.337. The van der Waals surface area contributed by atoms with Gasteiger partial charge in [-0.15, -0.1) is 0 Å². The van der Waals surface area contributed by atoms with E-state index in [1.54, 1.807) is 18.2 Å². The zero-order valence-corrected chi connectivity index (χ0v) is 12.4. The van der Waals surface area contributed by atoms with Crippen molar-refractivity contribution in [1.29, 1.82) is 0 Å². The maximum absolute atomic E-state index is 14.0. The summed E-state index contributed by atoms with van der Waals surface area (Å²) in [6.07, 6.45) is 0. The van der Waals surface area contributed by atoms with Crippen molar-refractivity contribution in [3.8, 4) is 17.2 Å². The number of hydrogen-bond acceptors (Lipinski definition) is 3. The molecule has 0 unspecified atom stereocenters. The van der Waals surface area contributed by atoms with E-state index in [0.717, 1.165) is 12.1 Å². The fourth-order valence-electron chi connectivity index (χ4n) is 1.93. The summed E-state index contributed by atoms with van der Waals surface area (Å²) in [5, 5.41) is 3.16. The van der Waals surface area contributed by atoms with Gasteiger partial charge in [0.1, 0.15) is 11.5 Å². The molecule has 0 aliphatic carbocycles. The van der Waals surface area contributed by atoms with E-state index in [0.29, 0.717) is 24.7 Å². The van der Waals surface area contributed by atoms with Crippen molar-refractivity contribution < 1.29 is 13.9 Å². The van der Waals surface area contributed by atoms with Crippen molar-refractivity contribution in [1.82, 2.24) is 5.32 Å². The van der Waals surface area contributed by atoms with E-state index in [1.807, 2.05) is 32.0 Å². The first-order valence-corrected chi connectivity index (χ1v) is 7.12. The highest BCUT2D eigenvalue weighted by molar-refractivity contribution is 5.38. The minimum atomic E-state index is -0.368. The second-order valence-electron chi connectivity index (χ2n) is 4.56. The number of halogens is 1. The van der Waals surface area contributed by atoms with E-state index < -0.39 is 0 Å². The van der Waals surface area contributed by atoms with Gasteiger partial charge in [0.2, 0.25) is 0 Å². The van der Waals surface area contributed by atoms with Crippen LogP contribution >= 0.6 is 0 Å². The molecule has 0 atom stereocenters. The van der Waals surface area contributed by atoms with Gasteiger partial charge in [-0.1, -0.05) is 19.1 Å². The molecule has 21 heavy (non-hydrogen) atoms. The Balaban J connectivity index is 2.10. The van der Waals surface area contributed by atoms with Crippen LogP contribution in [0.5, 0.6) is 17.2 Å². The number of benzene rings is 2. The quantitative estimate of drug-likeness (QED) is 0.831. The molecular weight excluding hydrogens is 269 g/mol. The number of hydrogen-bond donors (Lipinski definition) is 1. The van der Waals surface area contributed by atoms with E-state index in [9.17, 15) is 4.39 Å². The Morgan fingerprint density at radius 1 is 1.05 bits per heavy atom. The van der Waals surface area contributed by atoms with Crippen LogP contribution in [-0.2, 0) is 6.54 Å². The molecule has 1 N–H and O–H groups in total. The van der Waals surface area contributed by atoms with Crippen LogP contribution in [0.25, 0.3) is 0 Å². The Morgan fingerprint density at radius 3 is 2.57 bits per heavy atom. The minimum absolute atomic E-state index is 0.212. The third-order valence-electron chi connectivity index (χ3n) is 2.92. The zero-order valence-electron chi connectivity index (χ0n) is 12.4. The lowest BCUT2D eigenvalue weighted by Gasteiger charge is -2.10. The molecule has 3 nitrogen and oxygen atoms in total. The van der Waals surface area contributed by atoms with Gasteiger partial charge in [-0.05, 0) is 43.3 Å². The second-order valence-corrected chi connectivity index (χ2v) is 4.56. The van der Waals surface area contributed by atoms with E-state index in [1.165, 1.54) is 6.07 Å². The normalized spacial score (nSPS) is 10.4. The summed E-state index contributed by atoms with van der Waals surface area (Å²) in [4.78, 5) is 0. The van der Waals surface area contributed by atoms with Gasteiger partial charge in [0, 0.05) is 12.6 Å². The predicted octanol–water partition coefficient (Wildman–Crippen LogP) is 4.13. The standard InChI is InChI=1S/C17H20FNO2/c1-3-19-12-13-8-9-17(16(18)10-13)21-15-7-5-6-14(11-15)20-4-2/h5-11,19H,3-4,12H2,1-2H3. The molecule has 0 saturated carbocycles. The summed E-state index contributed by atoms with van der Waals surface area (Å²) in [6, 6.07) is 12.2. The average molecular weight is 289 g/mol. The molecule has 0 aliphatic rings. The average Bonchev–Trinajstić information content (AvgIpc) is 2.48. The van der Waals surface area contributed by atoms with Gasteiger partial charge in [-0.2, -0.15) is 0 Å². The monoisotopic (exact) mass is 289 g/mol. The third kappa shape index (κ3) is 4.46. The van der Waals surface area contributed by atoms with Gasteiger partial charge in [-0.3, -0.25) is 0 Å². The molecule has 0 fully saturated rings. The predicted molar refractivity (Wildman–Crippen MR) is 81.5 cm³/mol. The van der Waals surface area contributed by atoms with E-state index >= 15 is 0 Å². The molecule has 0 amide bonds.